The fraction of sp³-hybridized carbons (Fsp3) is 0.154. The largest absolute Gasteiger partial charge is 0.497 e. The van der Waals surface area contributed by atoms with Gasteiger partial charge in [0.2, 0.25) is 0 Å². The van der Waals surface area contributed by atoms with Gasteiger partial charge in [0.25, 0.3) is 10.0 Å². The van der Waals surface area contributed by atoms with E-state index in [9.17, 15) is 18.3 Å². The molecule has 188 valence electrons. The number of ether oxygens (including phenoxy) is 1. The number of nitrogens with zero attached hydrogens (tertiary/aromatic N) is 2. The number of carboxylic acid groups (broad SMARTS) is 1. The Morgan fingerprint density at radius 3 is 2.22 bits per heavy atom. The van der Waals surface area contributed by atoms with Crippen LogP contribution in [0.5, 0.6) is 5.75 Å². The standard InChI is InChI=1S/C26H24N2O5S.H3NO/c1-28(34(31,32)21-13-11-20(33-2)12-14-21)25-22-16-19(9-8-18-6-4-3-5-7-18)10-15-24(22)27-17-23(25)26(29)30;1-2/h3-7,10-17H,8-9H2,1-2H3,(H,29,30);2H,1H2. The molecule has 1 heterocycles. The highest BCUT2D eigenvalue weighted by atomic mass is 32.2. The summed E-state index contributed by atoms with van der Waals surface area (Å²) in [6, 6.07) is 21.5. The minimum Gasteiger partial charge on any atom is -0.497 e. The first kappa shape index (κ1) is 26.6. The lowest BCUT2D eigenvalue weighted by Gasteiger charge is -2.23. The molecule has 0 atom stereocenters. The van der Waals surface area contributed by atoms with Crippen LogP contribution < -0.4 is 14.9 Å². The molecule has 0 saturated heterocycles. The zero-order valence-corrected chi connectivity index (χ0v) is 20.6. The molecule has 0 saturated carbocycles. The molecule has 0 aliphatic heterocycles. The fourth-order valence-corrected chi connectivity index (χ4v) is 5.07. The Hall–Kier alpha value is -3.99. The van der Waals surface area contributed by atoms with Gasteiger partial charge >= 0.3 is 5.97 Å². The topological polar surface area (TPSA) is 143 Å². The molecule has 0 spiro atoms. The van der Waals surface area contributed by atoms with Gasteiger partial charge in [-0.05, 0) is 60.4 Å². The lowest BCUT2D eigenvalue weighted by atomic mass is 10.0. The predicted molar refractivity (Wildman–Crippen MR) is 137 cm³/mol. The average Bonchev–Trinajstić information content (AvgIpc) is 2.92. The van der Waals surface area contributed by atoms with Gasteiger partial charge < -0.3 is 15.1 Å². The van der Waals surface area contributed by atoms with Gasteiger partial charge in [0.05, 0.1) is 23.2 Å². The molecule has 4 N–H and O–H groups in total. The Morgan fingerprint density at radius 2 is 1.61 bits per heavy atom. The second-order valence-electron chi connectivity index (χ2n) is 7.81. The summed E-state index contributed by atoms with van der Waals surface area (Å²) in [5, 5.41) is 16.8. The van der Waals surface area contributed by atoms with Crippen molar-refractivity contribution in [2.24, 2.45) is 5.90 Å². The van der Waals surface area contributed by atoms with E-state index in [1.54, 1.807) is 18.2 Å². The Bertz CT molecular complexity index is 1440. The van der Waals surface area contributed by atoms with Crippen molar-refractivity contribution < 1.29 is 28.3 Å². The van der Waals surface area contributed by atoms with Gasteiger partial charge in [-0.2, -0.15) is 0 Å². The van der Waals surface area contributed by atoms with Gasteiger partial charge in [0.15, 0.2) is 0 Å². The fourth-order valence-electron chi connectivity index (χ4n) is 3.84. The summed E-state index contributed by atoms with van der Waals surface area (Å²) >= 11 is 0. The number of carbonyl (C=O) groups is 1. The van der Waals surface area contributed by atoms with Crippen molar-refractivity contribution in [2.45, 2.75) is 17.7 Å². The van der Waals surface area contributed by atoms with Gasteiger partial charge in [-0.3, -0.25) is 9.29 Å². The molecule has 10 heteroatoms. The Labute approximate surface area is 209 Å². The van der Waals surface area contributed by atoms with E-state index in [0.717, 1.165) is 16.3 Å². The first-order valence-electron chi connectivity index (χ1n) is 10.9. The number of aryl methyl sites for hydroxylation is 2. The van der Waals surface area contributed by atoms with Crippen molar-refractivity contribution in [3.63, 3.8) is 0 Å². The normalized spacial score (nSPS) is 10.9. The summed E-state index contributed by atoms with van der Waals surface area (Å²) in [4.78, 5) is 16.3. The van der Waals surface area contributed by atoms with Crippen LogP contribution in [0.4, 0.5) is 5.69 Å². The predicted octanol–water partition coefficient (Wildman–Crippen LogP) is 3.89. The van der Waals surface area contributed by atoms with Gasteiger partial charge in [-0.25, -0.2) is 19.1 Å². The van der Waals surface area contributed by atoms with Crippen LogP contribution in [0.2, 0.25) is 0 Å². The monoisotopic (exact) mass is 509 g/mol. The summed E-state index contributed by atoms with van der Waals surface area (Å²) in [5.41, 5.74) is 2.54. The second kappa shape index (κ2) is 11.6. The molecule has 0 amide bonds. The number of carboxylic acids is 1. The van der Waals surface area contributed by atoms with E-state index in [0.29, 0.717) is 23.1 Å². The molecular formula is C26H27N3O6S. The van der Waals surface area contributed by atoms with Crippen molar-refractivity contribution in [1.82, 2.24) is 4.98 Å². The number of pyridine rings is 1. The molecule has 4 rings (SSSR count). The molecule has 9 nitrogen and oxygen atoms in total. The van der Waals surface area contributed by atoms with E-state index in [4.69, 9.17) is 9.94 Å². The molecule has 0 fully saturated rings. The molecule has 0 aliphatic rings. The number of fused-ring (bicyclic) bond motifs is 1. The second-order valence-corrected chi connectivity index (χ2v) is 9.78. The van der Waals surface area contributed by atoms with Crippen LogP contribution in [0.1, 0.15) is 21.5 Å². The van der Waals surface area contributed by atoms with Crippen LogP contribution >= 0.6 is 0 Å². The van der Waals surface area contributed by atoms with E-state index in [2.05, 4.69) is 10.9 Å². The number of aromatic nitrogens is 1. The summed E-state index contributed by atoms with van der Waals surface area (Å²) in [7, 11) is -1.19. The number of anilines is 1. The molecule has 0 unspecified atom stereocenters. The van der Waals surface area contributed by atoms with Gasteiger partial charge in [0.1, 0.15) is 11.3 Å². The summed E-state index contributed by atoms with van der Waals surface area (Å²) < 4.78 is 33.0. The van der Waals surface area contributed by atoms with Crippen LogP contribution in [0, 0.1) is 0 Å². The number of rotatable bonds is 8. The van der Waals surface area contributed by atoms with Crippen molar-refractivity contribution in [3.05, 3.63) is 95.7 Å². The van der Waals surface area contributed by atoms with Crippen LogP contribution in [0.25, 0.3) is 10.9 Å². The highest BCUT2D eigenvalue weighted by Gasteiger charge is 2.28. The Balaban J connectivity index is 0.00000176. The van der Waals surface area contributed by atoms with E-state index in [1.165, 1.54) is 38.1 Å². The molecule has 3 aromatic carbocycles. The SMILES string of the molecule is COc1ccc(S(=O)(=O)N(C)c2c(C(=O)O)cnc3ccc(CCc4ccccc4)cc23)cc1.NO. The first-order valence-corrected chi connectivity index (χ1v) is 12.3. The quantitative estimate of drug-likeness (QED) is 0.304. The maximum Gasteiger partial charge on any atom is 0.339 e. The molecule has 4 aromatic rings. The summed E-state index contributed by atoms with van der Waals surface area (Å²) in [6.45, 7) is 0. The van der Waals surface area contributed by atoms with Crippen LogP contribution in [-0.2, 0) is 22.9 Å². The highest BCUT2D eigenvalue weighted by molar-refractivity contribution is 7.92. The lowest BCUT2D eigenvalue weighted by Crippen LogP contribution is -2.28. The van der Waals surface area contributed by atoms with E-state index in [-0.39, 0.29) is 16.1 Å². The molecule has 36 heavy (non-hydrogen) atoms. The third-order valence-corrected chi connectivity index (χ3v) is 7.48. The van der Waals surface area contributed by atoms with Crippen molar-refractivity contribution >= 4 is 32.6 Å². The van der Waals surface area contributed by atoms with E-state index >= 15 is 0 Å². The van der Waals surface area contributed by atoms with Crippen LogP contribution in [0.3, 0.4) is 0 Å². The van der Waals surface area contributed by atoms with Crippen LogP contribution in [-0.4, -0.2) is 43.8 Å². The summed E-state index contributed by atoms with van der Waals surface area (Å²) in [6.07, 6.45) is 2.71. The third-order valence-electron chi connectivity index (χ3n) is 5.71. The molecule has 0 bridgehead atoms. The number of nitrogens with two attached hydrogens (primary N) is 1. The molecule has 1 aromatic heterocycles. The number of hydrogen-bond acceptors (Lipinski definition) is 7. The van der Waals surface area contributed by atoms with Crippen molar-refractivity contribution in [1.29, 1.82) is 0 Å². The average molecular weight is 510 g/mol. The molecule has 0 aliphatic carbocycles. The van der Waals surface area contributed by atoms with Crippen molar-refractivity contribution in [3.8, 4) is 5.75 Å². The number of benzene rings is 3. The van der Waals surface area contributed by atoms with Crippen molar-refractivity contribution in [2.75, 3.05) is 18.5 Å². The zero-order valence-electron chi connectivity index (χ0n) is 19.8. The Kier molecular flexibility index (Phi) is 8.59. The van der Waals surface area contributed by atoms with E-state index < -0.39 is 16.0 Å². The minimum absolute atomic E-state index is 0.0253. The highest BCUT2D eigenvalue weighted by Crippen LogP contribution is 2.34. The van der Waals surface area contributed by atoms with E-state index in [1.807, 2.05) is 42.5 Å². The lowest BCUT2D eigenvalue weighted by molar-refractivity contribution is 0.0697. The number of aromatic carboxylic acids is 1. The maximum atomic E-state index is 13.4. The molecule has 0 radical (unpaired) electrons. The number of sulfonamides is 1. The number of methoxy groups -OCH3 is 1. The maximum absolute atomic E-state index is 13.4. The Morgan fingerprint density at radius 1 is 0.972 bits per heavy atom. The minimum atomic E-state index is -4.05. The third kappa shape index (κ3) is 5.62. The van der Waals surface area contributed by atoms with Gasteiger partial charge in [-0.1, -0.05) is 36.4 Å². The molecular weight excluding hydrogens is 482 g/mol. The number of hydrogen-bond donors (Lipinski definition) is 3. The van der Waals surface area contributed by atoms with Gasteiger partial charge in [-0.15, -0.1) is 0 Å². The zero-order chi connectivity index (χ0) is 26.3. The van der Waals surface area contributed by atoms with Crippen LogP contribution in [0.15, 0.2) is 83.9 Å². The smallest absolute Gasteiger partial charge is 0.339 e. The summed E-state index contributed by atoms with van der Waals surface area (Å²) in [5.74, 6) is 2.76. The first-order chi connectivity index (χ1) is 17.3. The van der Waals surface area contributed by atoms with Gasteiger partial charge in [0, 0.05) is 18.6 Å².